The summed E-state index contributed by atoms with van der Waals surface area (Å²) in [5.41, 5.74) is 4.85. The summed E-state index contributed by atoms with van der Waals surface area (Å²) in [4.78, 5) is 20.3. The van der Waals surface area contributed by atoms with Crippen molar-refractivity contribution in [1.82, 2.24) is 40.0 Å². The highest BCUT2D eigenvalue weighted by Gasteiger charge is 2.22. The van der Waals surface area contributed by atoms with Crippen LogP contribution in [-0.2, 0) is 37.4 Å². The number of halogens is 2. The first-order valence-corrected chi connectivity index (χ1v) is 13.1. The van der Waals surface area contributed by atoms with Crippen molar-refractivity contribution in [3.05, 3.63) is 80.9 Å². The number of hydrogen-bond acceptors (Lipinski definition) is 8. The van der Waals surface area contributed by atoms with Crippen LogP contribution in [0.3, 0.4) is 0 Å². The van der Waals surface area contributed by atoms with Gasteiger partial charge in [0.2, 0.25) is 0 Å². The molecule has 1 N–H and O–H groups in total. The minimum absolute atomic E-state index is 0.0557. The molecular formula is C27H30ClFN8O3. The zero-order valence-corrected chi connectivity index (χ0v) is 23.5. The Hall–Kier alpha value is -3.87. The molecule has 0 bridgehead atoms. The van der Waals surface area contributed by atoms with E-state index in [1.165, 1.54) is 25.0 Å². The van der Waals surface area contributed by atoms with Gasteiger partial charge in [-0.15, -0.1) is 5.10 Å². The molecule has 0 fully saturated rings. The van der Waals surface area contributed by atoms with Crippen molar-refractivity contribution in [3.63, 3.8) is 0 Å². The normalized spacial score (nSPS) is 13.3. The molecule has 1 amide bonds. The van der Waals surface area contributed by atoms with Gasteiger partial charge in [-0.3, -0.25) is 14.5 Å². The molecule has 13 heteroatoms. The first-order chi connectivity index (χ1) is 19.3. The molecule has 1 aliphatic heterocycles. The van der Waals surface area contributed by atoms with E-state index in [9.17, 15) is 4.79 Å². The Kier molecular flexibility index (Phi) is 8.10. The molecule has 5 rings (SSSR count). The zero-order chi connectivity index (χ0) is 28.4. The summed E-state index contributed by atoms with van der Waals surface area (Å²) in [6.45, 7) is 3.76. The number of nitrogens with zero attached hydrogens (tertiary/aromatic N) is 7. The number of amides is 1. The van der Waals surface area contributed by atoms with E-state index in [2.05, 4.69) is 25.6 Å². The van der Waals surface area contributed by atoms with Crippen molar-refractivity contribution in [2.45, 2.75) is 39.6 Å². The number of aryl methyl sites for hydroxylation is 1. The van der Waals surface area contributed by atoms with Gasteiger partial charge in [-0.05, 0) is 44.2 Å². The molecule has 0 atom stereocenters. The van der Waals surface area contributed by atoms with Gasteiger partial charge in [0.25, 0.3) is 5.91 Å². The first kappa shape index (κ1) is 27.7. The van der Waals surface area contributed by atoms with Crippen LogP contribution in [0.4, 0.5) is 4.39 Å². The van der Waals surface area contributed by atoms with Gasteiger partial charge in [0.05, 0.1) is 54.8 Å². The van der Waals surface area contributed by atoms with Gasteiger partial charge in [0.15, 0.2) is 11.6 Å². The van der Waals surface area contributed by atoms with Crippen molar-refractivity contribution < 1.29 is 18.7 Å². The molecule has 40 heavy (non-hydrogen) atoms. The second-order valence-corrected chi connectivity index (χ2v) is 10.1. The number of benzene rings is 1. The van der Waals surface area contributed by atoms with E-state index in [1.54, 1.807) is 30.1 Å². The maximum Gasteiger partial charge on any atom is 0.255 e. The van der Waals surface area contributed by atoms with E-state index in [1.807, 2.05) is 13.1 Å². The Morgan fingerprint density at radius 3 is 2.80 bits per heavy atom. The Balaban J connectivity index is 1.38. The number of nitrogens with one attached hydrogen (secondary N) is 1. The third kappa shape index (κ3) is 5.69. The van der Waals surface area contributed by atoms with Gasteiger partial charge < -0.3 is 19.7 Å². The molecule has 4 heterocycles. The van der Waals surface area contributed by atoms with Gasteiger partial charge in [0, 0.05) is 43.5 Å². The molecule has 0 radical (unpaired) electrons. The highest BCUT2D eigenvalue weighted by Crippen LogP contribution is 2.27. The number of carbonyl (C=O) groups is 1. The number of likely N-dealkylation sites (N-methyl/N-ethyl adjacent to an activating group) is 1. The van der Waals surface area contributed by atoms with E-state index >= 15 is 4.39 Å². The minimum atomic E-state index is -0.595. The monoisotopic (exact) mass is 568 g/mol. The lowest BCUT2D eigenvalue weighted by atomic mass is 10.0. The van der Waals surface area contributed by atoms with Crippen LogP contribution in [0.2, 0.25) is 5.02 Å². The number of methoxy groups -OCH3 is 2. The number of pyridine rings is 1. The van der Waals surface area contributed by atoms with Gasteiger partial charge in [-0.2, -0.15) is 5.10 Å². The van der Waals surface area contributed by atoms with Crippen molar-refractivity contribution in [2.24, 2.45) is 0 Å². The smallest absolute Gasteiger partial charge is 0.255 e. The third-order valence-corrected chi connectivity index (χ3v) is 7.08. The number of carbonyl (C=O) groups excluding carboxylic acids is 1. The summed E-state index contributed by atoms with van der Waals surface area (Å²) in [6.07, 6.45) is 4.16. The summed E-state index contributed by atoms with van der Waals surface area (Å²) in [6, 6.07) is 5.02. The molecule has 1 aliphatic rings. The average molecular weight is 569 g/mol. The van der Waals surface area contributed by atoms with Gasteiger partial charge >= 0.3 is 0 Å². The van der Waals surface area contributed by atoms with Crippen molar-refractivity contribution >= 4 is 17.5 Å². The zero-order valence-electron chi connectivity index (χ0n) is 22.7. The number of ether oxygens (including phenoxy) is 2. The number of fused-ring (bicyclic) bond motifs is 1. The lowest BCUT2D eigenvalue weighted by Gasteiger charge is -2.25. The van der Waals surface area contributed by atoms with Crippen molar-refractivity contribution in [3.8, 4) is 11.4 Å². The molecule has 1 aromatic carbocycles. The molecule has 0 aliphatic carbocycles. The Labute approximate surface area is 235 Å². The SMILES string of the molecule is COCc1nn(Cc2cc(Cl)c3c(n2)CN(C)CC3)cc1C(=O)NCc1c(-n2cc(C)nn2)ccc(OC)c1F. The lowest BCUT2D eigenvalue weighted by molar-refractivity contribution is 0.0945. The third-order valence-electron chi connectivity index (χ3n) is 6.74. The van der Waals surface area contributed by atoms with Gasteiger partial charge in [-0.1, -0.05) is 16.8 Å². The van der Waals surface area contributed by atoms with Gasteiger partial charge in [0.1, 0.15) is 5.69 Å². The molecule has 3 aromatic heterocycles. The largest absolute Gasteiger partial charge is 0.494 e. The average Bonchev–Trinajstić information content (AvgIpc) is 3.53. The van der Waals surface area contributed by atoms with Crippen LogP contribution in [-0.4, -0.2) is 68.4 Å². The van der Waals surface area contributed by atoms with Crippen LogP contribution in [0, 0.1) is 12.7 Å². The fraction of sp³-hybridized carbons (Fsp3) is 0.370. The van der Waals surface area contributed by atoms with E-state index in [4.69, 9.17) is 26.1 Å². The molecular weight excluding hydrogens is 539 g/mol. The minimum Gasteiger partial charge on any atom is -0.494 e. The fourth-order valence-corrected chi connectivity index (χ4v) is 5.09. The van der Waals surface area contributed by atoms with Gasteiger partial charge in [-0.25, -0.2) is 9.07 Å². The van der Waals surface area contributed by atoms with Crippen LogP contribution in [0.15, 0.2) is 30.6 Å². The number of rotatable bonds is 9. The second kappa shape index (κ2) is 11.7. The summed E-state index contributed by atoms with van der Waals surface area (Å²) in [5, 5.41) is 16.1. The van der Waals surface area contributed by atoms with E-state index in [0.29, 0.717) is 34.2 Å². The van der Waals surface area contributed by atoms with Crippen LogP contribution < -0.4 is 10.1 Å². The predicted octanol–water partition coefficient (Wildman–Crippen LogP) is 3.08. The second-order valence-electron chi connectivity index (χ2n) is 9.70. The van der Waals surface area contributed by atoms with E-state index in [-0.39, 0.29) is 24.5 Å². The Morgan fingerprint density at radius 2 is 2.08 bits per heavy atom. The first-order valence-electron chi connectivity index (χ1n) is 12.7. The Bertz CT molecular complexity index is 1550. The lowest BCUT2D eigenvalue weighted by Crippen LogP contribution is -2.28. The van der Waals surface area contributed by atoms with E-state index < -0.39 is 11.7 Å². The van der Waals surface area contributed by atoms with Crippen molar-refractivity contribution in [1.29, 1.82) is 0 Å². The fourth-order valence-electron chi connectivity index (χ4n) is 4.76. The maximum absolute atomic E-state index is 15.3. The van der Waals surface area contributed by atoms with Crippen LogP contribution in [0.1, 0.15) is 44.3 Å². The molecule has 0 saturated heterocycles. The van der Waals surface area contributed by atoms with Crippen molar-refractivity contribution in [2.75, 3.05) is 27.8 Å². The van der Waals surface area contributed by atoms with E-state index in [0.717, 1.165) is 36.5 Å². The number of aromatic nitrogens is 6. The molecule has 4 aromatic rings. The summed E-state index contributed by atoms with van der Waals surface area (Å²) >= 11 is 6.57. The quantitative estimate of drug-likeness (QED) is 0.328. The maximum atomic E-state index is 15.3. The molecule has 210 valence electrons. The molecule has 0 spiro atoms. The van der Waals surface area contributed by atoms with Crippen LogP contribution in [0.5, 0.6) is 5.75 Å². The standard InChI is InChI=1S/C27H30ClFN8O3/c1-16-11-37(34-32-16)24-5-6-25(40-4)26(29)19(24)10-30-27(38)20-13-36(33-23(20)15-39-3)12-17-9-21(28)18-7-8-35(2)14-22(18)31-17/h5-6,9,11,13H,7-8,10,12,14-15H2,1-4H3,(H,30,38). The molecule has 0 saturated carbocycles. The predicted molar refractivity (Wildman–Crippen MR) is 145 cm³/mol. The Morgan fingerprint density at radius 1 is 1.25 bits per heavy atom. The summed E-state index contributed by atoms with van der Waals surface area (Å²) in [5.74, 6) is -0.971. The summed E-state index contributed by atoms with van der Waals surface area (Å²) in [7, 11) is 4.96. The van der Waals surface area contributed by atoms with Crippen LogP contribution in [0.25, 0.3) is 5.69 Å². The molecule has 0 unspecified atom stereocenters. The highest BCUT2D eigenvalue weighted by molar-refractivity contribution is 6.31. The molecule has 11 nitrogen and oxygen atoms in total. The topological polar surface area (TPSA) is 112 Å². The van der Waals surface area contributed by atoms with Crippen LogP contribution >= 0.6 is 11.6 Å². The summed E-state index contributed by atoms with van der Waals surface area (Å²) < 4.78 is 28.8. The highest BCUT2D eigenvalue weighted by atomic mass is 35.5. The number of hydrogen-bond donors (Lipinski definition) is 1.